The van der Waals surface area contributed by atoms with Crippen molar-refractivity contribution in [2.75, 3.05) is 28.2 Å². The summed E-state index contributed by atoms with van der Waals surface area (Å²) >= 11 is 0. The number of nitrogens with one attached hydrogen (secondary N) is 1. The average molecular weight is 474 g/mol. The zero-order valence-electron chi connectivity index (χ0n) is 18.6. The number of aliphatic carboxylic acids is 1. The molecule has 2 aliphatic rings. The van der Waals surface area contributed by atoms with Crippen LogP contribution in [0.15, 0.2) is 24.3 Å². The third kappa shape index (κ3) is 4.58. The lowest BCUT2D eigenvalue weighted by molar-refractivity contribution is -0.139. The molecule has 2 N–H and O–H groups in total. The molecule has 4 rings (SSSR count). The molecular weight excluding hydrogens is 449 g/mol. The SMILES string of the molecule is CCN1c2nc(C#N)nc(NCCC3CCC3)c2N(Cc2ccc(C(F)(F)F)cc2)C1C(=O)O. The van der Waals surface area contributed by atoms with Crippen molar-refractivity contribution in [2.24, 2.45) is 5.92 Å². The Labute approximate surface area is 195 Å². The summed E-state index contributed by atoms with van der Waals surface area (Å²) in [6, 6.07) is 6.56. The standard InChI is InChI=1S/C23H25F3N6O2/c1-2-31-20-18(19(29-17(12-27)30-20)28-11-10-14-4-3-5-14)32(21(31)22(33)34)13-15-6-8-16(9-7-15)23(24,25)26/h6-9,14,21H,2-5,10-11,13H2,1H3,(H,33,34)(H,28,29,30). The van der Waals surface area contributed by atoms with Crippen LogP contribution >= 0.6 is 0 Å². The number of hydrogen-bond donors (Lipinski definition) is 2. The van der Waals surface area contributed by atoms with Gasteiger partial charge in [-0.3, -0.25) is 0 Å². The van der Waals surface area contributed by atoms with E-state index in [1.54, 1.807) is 16.7 Å². The third-order valence-electron chi connectivity index (χ3n) is 6.38. The van der Waals surface area contributed by atoms with Crippen molar-refractivity contribution in [3.05, 3.63) is 41.2 Å². The highest BCUT2D eigenvalue weighted by Gasteiger charge is 2.43. The highest BCUT2D eigenvalue weighted by Crippen LogP contribution is 2.44. The molecule has 2 aromatic rings. The van der Waals surface area contributed by atoms with Gasteiger partial charge < -0.3 is 20.2 Å². The number of alkyl halides is 3. The molecule has 0 amide bonds. The summed E-state index contributed by atoms with van der Waals surface area (Å²) in [6.45, 7) is 2.72. The molecule has 0 radical (unpaired) electrons. The normalized spacial score (nSPS) is 17.8. The van der Waals surface area contributed by atoms with Crippen molar-refractivity contribution >= 4 is 23.3 Å². The summed E-state index contributed by atoms with van der Waals surface area (Å²) < 4.78 is 38.9. The number of carboxylic acid groups (broad SMARTS) is 1. The van der Waals surface area contributed by atoms with Crippen molar-refractivity contribution in [3.8, 4) is 6.07 Å². The number of nitrogens with zero attached hydrogens (tertiary/aromatic N) is 5. The molecule has 0 saturated heterocycles. The van der Waals surface area contributed by atoms with Crippen LogP contribution in [0.1, 0.15) is 49.6 Å². The summed E-state index contributed by atoms with van der Waals surface area (Å²) in [5, 5.41) is 22.7. The van der Waals surface area contributed by atoms with Crippen LogP contribution in [-0.4, -0.2) is 40.3 Å². The smallest absolute Gasteiger partial charge is 0.416 e. The summed E-state index contributed by atoms with van der Waals surface area (Å²) in [5.41, 5.74) is 0.165. The quantitative estimate of drug-likeness (QED) is 0.586. The van der Waals surface area contributed by atoms with Crippen molar-refractivity contribution in [2.45, 2.75) is 51.5 Å². The van der Waals surface area contributed by atoms with E-state index in [9.17, 15) is 28.3 Å². The lowest BCUT2D eigenvalue weighted by Crippen LogP contribution is -2.48. The zero-order chi connectivity index (χ0) is 24.5. The predicted molar refractivity (Wildman–Crippen MR) is 119 cm³/mol. The number of benzene rings is 1. The van der Waals surface area contributed by atoms with Gasteiger partial charge in [-0.15, -0.1) is 0 Å². The number of fused-ring (bicyclic) bond motifs is 1. The van der Waals surface area contributed by atoms with Crippen LogP contribution in [-0.2, 0) is 17.5 Å². The molecule has 180 valence electrons. The first-order chi connectivity index (χ1) is 16.2. The number of nitriles is 1. The van der Waals surface area contributed by atoms with Gasteiger partial charge in [0.25, 0.3) is 0 Å². The van der Waals surface area contributed by atoms with Crippen molar-refractivity contribution in [1.82, 2.24) is 9.97 Å². The second-order valence-electron chi connectivity index (χ2n) is 8.51. The number of likely N-dealkylation sites (N-methyl/N-ethyl adjacent to an activating group) is 1. The Balaban J connectivity index is 1.70. The molecular formula is C23H25F3N6O2. The van der Waals surface area contributed by atoms with Crippen LogP contribution in [0.5, 0.6) is 0 Å². The van der Waals surface area contributed by atoms with Crippen LogP contribution in [0.25, 0.3) is 0 Å². The summed E-state index contributed by atoms with van der Waals surface area (Å²) in [5.74, 6) is 0.101. The predicted octanol–water partition coefficient (Wildman–Crippen LogP) is 4.23. The highest BCUT2D eigenvalue weighted by atomic mass is 19.4. The number of carboxylic acids is 1. The fourth-order valence-corrected chi connectivity index (χ4v) is 4.41. The first-order valence-corrected chi connectivity index (χ1v) is 11.2. The highest BCUT2D eigenvalue weighted by molar-refractivity contribution is 5.93. The molecule has 11 heteroatoms. The molecule has 1 fully saturated rings. The molecule has 1 aliphatic carbocycles. The van der Waals surface area contributed by atoms with E-state index in [1.807, 2.05) is 6.07 Å². The Kier molecular flexibility index (Phi) is 6.50. The number of rotatable bonds is 8. The molecule has 1 atom stereocenters. The lowest BCUT2D eigenvalue weighted by Gasteiger charge is -2.29. The van der Waals surface area contributed by atoms with Crippen LogP contribution in [0.2, 0.25) is 0 Å². The molecule has 1 aromatic heterocycles. The minimum atomic E-state index is -4.46. The minimum absolute atomic E-state index is 0.0329. The summed E-state index contributed by atoms with van der Waals surface area (Å²) in [6.07, 6.45) is -1.09. The molecule has 1 unspecified atom stereocenters. The third-order valence-corrected chi connectivity index (χ3v) is 6.38. The molecule has 1 aliphatic heterocycles. The first-order valence-electron chi connectivity index (χ1n) is 11.2. The molecule has 8 nitrogen and oxygen atoms in total. The fraction of sp³-hybridized carbons (Fsp3) is 0.478. The fourth-order valence-electron chi connectivity index (χ4n) is 4.41. The maximum atomic E-state index is 13.0. The maximum Gasteiger partial charge on any atom is 0.416 e. The number of carbonyl (C=O) groups is 1. The van der Waals surface area contributed by atoms with Gasteiger partial charge in [-0.05, 0) is 37.0 Å². The maximum absolute atomic E-state index is 13.0. The monoisotopic (exact) mass is 474 g/mol. The van der Waals surface area contributed by atoms with Gasteiger partial charge in [-0.1, -0.05) is 31.4 Å². The summed E-state index contributed by atoms with van der Waals surface area (Å²) in [4.78, 5) is 24.0. The van der Waals surface area contributed by atoms with Gasteiger partial charge in [0.2, 0.25) is 12.0 Å². The second kappa shape index (κ2) is 9.37. The Hall–Kier alpha value is -3.55. The van der Waals surface area contributed by atoms with E-state index in [2.05, 4.69) is 15.3 Å². The molecule has 0 bridgehead atoms. The number of anilines is 3. The van der Waals surface area contributed by atoms with Crippen molar-refractivity contribution in [3.63, 3.8) is 0 Å². The van der Waals surface area contributed by atoms with E-state index >= 15 is 0 Å². The van der Waals surface area contributed by atoms with E-state index in [-0.39, 0.29) is 12.4 Å². The number of halogens is 3. The van der Waals surface area contributed by atoms with Crippen LogP contribution < -0.4 is 15.1 Å². The van der Waals surface area contributed by atoms with E-state index in [0.29, 0.717) is 41.9 Å². The summed E-state index contributed by atoms with van der Waals surface area (Å²) in [7, 11) is 0. The topological polar surface area (TPSA) is 105 Å². The zero-order valence-corrected chi connectivity index (χ0v) is 18.6. The second-order valence-corrected chi connectivity index (χ2v) is 8.51. The molecule has 2 heterocycles. The Morgan fingerprint density at radius 3 is 2.47 bits per heavy atom. The van der Waals surface area contributed by atoms with Crippen LogP contribution in [0.4, 0.5) is 30.5 Å². The Bertz CT molecular complexity index is 1100. The Morgan fingerprint density at radius 2 is 1.94 bits per heavy atom. The van der Waals surface area contributed by atoms with Gasteiger partial charge in [0.1, 0.15) is 11.8 Å². The largest absolute Gasteiger partial charge is 0.478 e. The van der Waals surface area contributed by atoms with Gasteiger partial charge in [0.05, 0.1) is 5.56 Å². The molecule has 34 heavy (non-hydrogen) atoms. The average Bonchev–Trinajstić information content (AvgIpc) is 3.08. The van der Waals surface area contributed by atoms with Crippen molar-refractivity contribution in [1.29, 1.82) is 5.26 Å². The van der Waals surface area contributed by atoms with Gasteiger partial charge in [0, 0.05) is 19.6 Å². The minimum Gasteiger partial charge on any atom is -0.478 e. The lowest BCUT2D eigenvalue weighted by atomic mass is 9.83. The van der Waals surface area contributed by atoms with Gasteiger partial charge >= 0.3 is 12.1 Å². The van der Waals surface area contributed by atoms with Gasteiger partial charge in [-0.25, -0.2) is 4.79 Å². The van der Waals surface area contributed by atoms with Crippen LogP contribution in [0, 0.1) is 17.2 Å². The van der Waals surface area contributed by atoms with Crippen LogP contribution in [0.3, 0.4) is 0 Å². The first kappa shape index (κ1) is 23.6. The molecule has 0 spiro atoms. The number of hydrogen-bond acceptors (Lipinski definition) is 7. The van der Waals surface area contributed by atoms with Gasteiger partial charge in [0.15, 0.2) is 11.6 Å². The Morgan fingerprint density at radius 1 is 1.24 bits per heavy atom. The molecule has 1 saturated carbocycles. The van der Waals surface area contributed by atoms with Gasteiger partial charge in [-0.2, -0.15) is 28.4 Å². The molecule has 1 aromatic carbocycles. The van der Waals surface area contributed by atoms with E-state index < -0.39 is 23.9 Å². The van der Waals surface area contributed by atoms with E-state index in [0.717, 1.165) is 18.6 Å². The van der Waals surface area contributed by atoms with E-state index in [4.69, 9.17) is 0 Å². The number of aromatic nitrogens is 2. The van der Waals surface area contributed by atoms with Crippen molar-refractivity contribution < 1.29 is 23.1 Å². The van der Waals surface area contributed by atoms with E-state index in [1.165, 1.54) is 31.4 Å².